The van der Waals surface area contributed by atoms with Crippen LogP contribution in [-0.4, -0.2) is 36.2 Å². The van der Waals surface area contributed by atoms with Crippen LogP contribution in [0.15, 0.2) is 96.4 Å². The number of anilines is 1. The molecule has 0 bridgehead atoms. The number of hydrogen-bond acceptors (Lipinski definition) is 7. The molecule has 0 saturated carbocycles. The highest BCUT2D eigenvalue weighted by molar-refractivity contribution is 5.96. The van der Waals surface area contributed by atoms with Crippen LogP contribution >= 0.6 is 0 Å². The van der Waals surface area contributed by atoms with Crippen LogP contribution in [0.4, 0.5) is 5.69 Å². The Morgan fingerprint density at radius 3 is 2.54 bits per heavy atom. The Labute approximate surface area is 212 Å². The first-order chi connectivity index (χ1) is 18.1. The Morgan fingerprint density at radius 2 is 1.76 bits per heavy atom. The molecule has 182 valence electrons. The summed E-state index contributed by atoms with van der Waals surface area (Å²) in [5.74, 6) is 0. The molecule has 0 aliphatic rings. The molecule has 0 radical (unpaired) electrons. The molecule has 4 aromatic heterocycles. The first kappa shape index (κ1) is 22.4. The molecule has 0 amide bonds. The second-order valence-corrected chi connectivity index (χ2v) is 8.58. The number of nitrogens with one attached hydrogen (secondary N) is 1. The number of rotatable bonds is 6. The SMILES string of the molecule is COc1ncc(-c2cccc3cc(C(C)Nc4ccnn5ccnc45)n(-c4ccccc4)c(=O)c23)cn1. The molecule has 1 N–H and O–H groups in total. The lowest BCUT2D eigenvalue weighted by Crippen LogP contribution is -2.26. The van der Waals surface area contributed by atoms with Crippen molar-refractivity contribution in [1.82, 2.24) is 29.1 Å². The predicted octanol–water partition coefficient (Wildman–Crippen LogP) is 4.67. The third-order valence-electron chi connectivity index (χ3n) is 6.32. The number of nitrogens with zero attached hydrogens (tertiary/aromatic N) is 6. The highest BCUT2D eigenvalue weighted by Crippen LogP contribution is 2.30. The Bertz CT molecular complexity index is 1780. The number of fused-ring (bicyclic) bond motifs is 2. The second kappa shape index (κ2) is 9.19. The molecular weight excluding hydrogens is 466 g/mol. The summed E-state index contributed by atoms with van der Waals surface area (Å²) in [6, 6.07) is 19.4. The molecular formula is C28H23N7O2. The number of ether oxygens (including phenoxy) is 1. The number of para-hydroxylation sites is 1. The van der Waals surface area contributed by atoms with Gasteiger partial charge in [0.05, 0.1) is 30.4 Å². The van der Waals surface area contributed by atoms with Gasteiger partial charge in [0.1, 0.15) is 0 Å². The van der Waals surface area contributed by atoms with Gasteiger partial charge in [-0.2, -0.15) is 5.10 Å². The van der Waals surface area contributed by atoms with E-state index in [1.807, 2.05) is 61.5 Å². The summed E-state index contributed by atoms with van der Waals surface area (Å²) in [5, 5.41) is 9.25. The third kappa shape index (κ3) is 3.96. The zero-order valence-corrected chi connectivity index (χ0v) is 20.2. The molecule has 6 aromatic rings. The van der Waals surface area contributed by atoms with Gasteiger partial charge in [0, 0.05) is 41.7 Å². The van der Waals surface area contributed by atoms with Gasteiger partial charge in [-0.1, -0.05) is 36.4 Å². The Kier molecular flexibility index (Phi) is 5.57. The quantitative estimate of drug-likeness (QED) is 0.363. The summed E-state index contributed by atoms with van der Waals surface area (Å²) >= 11 is 0. The van der Waals surface area contributed by atoms with Crippen LogP contribution in [0.3, 0.4) is 0 Å². The average molecular weight is 490 g/mol. The van der Waals surface area contributed by atoms with Crippen molar-refractivity contribution in [2.24, 2.45) is 0 Å². The summed E-state index contributed by atoms with van der Waals surface area (Å²) in [6.45, 7) is 2.03. The van der Waals surface area contributed by atoms with Crippen molar-refractivity contribution in [1.29, 1.82) is 0 Å². The lowest BCUT2D eigenvalue weighted by molar-refractivity contribution is 0.380. The van der Waals surface area contributed by atoms with Gasteiger partial charge < -0.3 is 10.1 Å². The summed E-state index contributed by atoms with van der Waals surface area (Å²) < 4.78 is 8.57. The monoisotopic (exact) mass is 489 g/mol. The molecule has 6 rings (SSSR count). The fraction of sp³-hybridized carbons (Fsp3) is 0.107. The maximum absolute atomic E-state index is 14.2. The standard InChI is InChI=1S/C28H23N7O2/c1-18(33-23-11-12-32-34-14-13-29-26(23)34)24-15-19-7-6-10-22(20-16-30-28(37-2)31-17-20)25(19)27(36)35(24)21-8-4-3-5-9-21/h3-18,33H,1-2H3. The van der Waals surface area contributed by atoms with E-state index in [4.69, 9.17) is 4.74 Å². The number of hydrogen-bond donors (Lipinski definition) is 1. The summed E-state index contributed by atoms with van der Waals surface area (Å²) in [7, 11) is 1.52. The van der Waals surface area contributed by atoms with Crippen LogP contribution in [0.2, 0.25) is 0 Å². The molecule has 1 unspecified atom stereocenters. The van der Waals surface area contributed by atoms with Crippen molar-refractivity contribution in [2.45, 2.75) is 13.0 Å². The van der Waals surface area contributed by atoms with Gasteiger partial charge in [-0.25, -0.2) is 19.5 Å². The van der Waals surface area contributed by atoms with Gasteiger partial charge in [0.2, 0.25) is 0 Å². The van der Waals surface area contributed by atoms with E-state index in [9.17, 15) is 4.79 Å². The molecule has 4 heterocycles. The highest BCUT2D eigenvalue weighted by Gasteiger charge is 2.20. The van der Waals surface area contributed by atoms with E-state index in [0.717, 1.165) is 33.6 Å². The topological polar surface area (TPSA) is 99.2 Å². The first-order valence-corrected chi connectivity index (χ1v) is 11.8. The number of pyridine rings is 1. The summed E-state index contributed by atoms with van der Waals surface area (Å²) in [4.78, 5) is 27.1. The van der Waals surface area contributed by atoms with Gasteiger partial charge in [-0.3, -0.25) is 9.36 Å². The predicted molar refractivity (Wildman–Crippen MR) is 142 cm³/mol. The normalized spacial score (nSPS) is 12.1. The number of benzene rings is 2. The minimum Gasteiger partial charge on any atom is -0.467 e. The lowest BCUT2D eigenvalue weighted by atomic mass is 9.99. The van der Waals surface area contributed by atoms with Crippen LogP contribution in [-0.2, 0) is 0 Å². The Balaban J connectivity index is 1.55. The van der Waals surface area contributed by atoms with E-state index in [0.29, 0.717) is 11.0 Å². The fourth-order valence-corrected chi connectivity index (χ4v) is 4.60. The minimum atomic E-state index is -0.229. The van der Waals surface area contributed by atoms with Crippen molar-refractivity contribution in [2.75, 3.05) is 12.4 Å². The van der Waals surface area contributed by atoms with Gasteiger partial charge in [-0.15, -0.1) is 0 Å². The van der Waals surface area contributed by atoms with E-state index in [1.54, 1.807) is 40.1 Å². The van der Waals surface area contributed by atoms with Crippen molar-refractivity contribution < 1.29 is 4.74 Å². The number of aromatic nitrogens is 6. The van der Waals surface area contributed by atoms with Gasteiger partial charge in [0.15, 0.2) is 5.65 Å². The average Bonchev–Trinajstić information content (AvgIpc) is 3.43. The maximum atomic E-state index is 14.2. The van der Waals surface area contributed by atoms with Gasteiger partial charge >= 0.3 is 6.01 Å². The smallest absolute Gasteiger partial charge is 0.316 e. The molecule has 1 atom stereocenters. The van der Waals surface area contributed by atoms with Crippen molar-refractivity contribution >= 4 is 22.1 Å². The maximum Gasteiger partial charge on any atom is 0.316 e. The molecule has 0 spiro atoms. The van der Waals surface area contributed by atoms with Gasteiger partial charge in [0.25, 0.3) is 5.56 Å². The molecule has 9 heteroatoms. The van der Waals surface area contributed by atoms with Crippen LogP contribution in [0.5, 0.6) is 6.01 Å². The largest absolute Gasteiger partial charge is 0.467 e. The number of methoxy groups -OCH3 is 1. The molecule has 0 aliphatic carbocycles. The van der Waals surface area contributed by atoms with Crippen LogP contribution in [0, 0.1) is 0 Å². The first-order valence-electron chi connectivity index (χ1n) is 11.8. The van der Waals surface area contributed by atoms with E-state index in [1.165, 1.54) is 7.11 Å². The van der Waals surface area contributed by atoms with E-state index < -0.39 is 0 Å². The fourth-order valence-electron chi connectivity index (χ4n) is 4.60. The van der Waals surface area contributed by atoms with Crippen molar-refractivity contribution in [3.05, 3.63) is 108 Å². The second-order valence-electron chi connectivity index (χ2n) is 8.58. The molecule has 0 aliphatic heterocycles. The molecule has 0 fully saturated rings. The van der Waals surface area contributed by atoms with Crippen molar-refractivity contribution in [3.8, 4) is 22.8 Å². The lowest BCUT2D eigenvalue weighted by Gasteiger charge is -2.22. The van der Waals surface area contributed by atoms with Crippen LogP contribution in [0.25, 0.3) is 33.2 Å². The van der Waals surface area contributed by atoms with Crippen molar-refractivity contribution in [3.63, 3.8) is 0 Å². The summed E-state index contributed by atoms with van der Waals surface area (Å²) in [6.07, 6.45) is 8.57. The minimum absolute atomic E-state index is 0.126. The molecule has 37 heavy (non-hydrogen) atoms. The van der Waals surface area contributed by atoms with Crippen LogP contribution in [0.1, 0.15) is 18.7 Å². The molecule has 0 saturated heterocycles. The zero-order chi connectivity index (χ0) is 25.4. The third-order valence-corrected chi connectivity index (χ3v) is 6.32. The molecule has 2 aromatic carbocycles. The van der Waals surface area contributed by atoms with E-state index >= 15 is 0 Å². The Morgan fingerprint density at radius 1 is 0.946 bits per heavy atom. The molecule has 9 nitrogen and oxygen atoms in total. The van der Waals surface area contributed by atoms with Gasteiger partial charge in [-0.05, 0) is 42.1 Å². The van der Waals surface area contributed by atoms with Crippen LogP contribution < -0.4 is 15.6 Å². The highest BCUT2D eigenvalue weighted by atomic mass is 16.5. The summed E-state index contributed by atoms with van der Waals surface area (Å²) in [5.41, 5.74) is 4.50. The van der Waals surface area contributed by atoms with E-state index in [-0.39, 0.29) is 17.6 Å². The number of imidazole rings is 1. The zero-order valence-electron chi connectivity index (χ0n) is 20.2. The van der Waals surface area contributed by atoms with E-state index in [2.05, 4.69) is 31.4 Å². The Hall–Kier alpha value is -5.05.